The molecule has 1 saturated carbocycles. The van der Waals surface area contributed by atoms with Crippen LogP contribution in [0.3, 0.4) is 0 Å². The maximum atomic E-state index is 10.7. The Labute approximate surface area is 130 Å². The highest BCUT2D eigenvalue weighted by atomic mass is 16.3. The van der Waals surface area contributed by atoms with E-state index in [4.69, 9.17) is 0 Å². The first kappa shape index (κ1) is 16.5. The zero-order valence-corrected chi connectivity index (χ0v) is 14.4. The standard InChI is InChI=1S/C20H32O/c1-14-7-6-8-15(2)18(14)13-19(21)16-9-11-17(12-10-16)20(3,4)5/h6-8,16-17,19,21H,9-13H2,1-5H3. The van der Waals surface area contributed by atoms with Gasteiger partial charge in [0.05, 0.1) is 6.10 Å². The lowest BCUT2D eigenvalue weighted by Gasteiger charge is -2.38. The summed E-state index contributed by atoms with van der Waals surface area (Å²) in [6, 6.07) is 6.42. The molecule has 0 aliphatic heterocycles. The topological polar surface area (TPSA) is 20.2 Å². The lowest BCUT2D eigenvalue weighted by Crippen LogP contribution is -2.32. The van der Waals surface area contributed by atoms with E-state index < -0.39 is 0 Å². The van der Waals surface area contributed by atoms with E-state index in [0.717, 1.165) is 12.3 Å². The van der Waals surface area contributed by atoms with Gasteiger partial charge < -0.3 is 5.11 Å². The molecule has 0 spiro atoms. The van der Waals surface area contributed by atoms with Crippen LogP contribution in [0.2, 0.25) is 0 Å². The van der Waals surface area contributed by atoms with Crippen LogP contribution in [0.1, 0.15) is 63.1 Å². The number of benzene rings is 1. The highest BCUT2D eigenvalue weighted by molar-refractivity contribution is 5.34. The zero-order chi connectivity index (χ0) is 15.6. The lowest BCUT2D eigenvalue weighted by atomic mass is 9.68. The van der Waals surface area contributed by atoms with Gasteiger partial charge in [-0.3, -0.25) is 0 Å². The first-order chi connectivity index (χ1) is 9.79. The Morgan fingerprint density at radius 2 is 1.57 bits per heavy atom. The number of hydrogen-bond acceptors (Lipinski definition) is 1. The van der Waals surface area contributed by atoms with E-state index in [2.05, 4.69) is 52.8 Å². The second kappa shape index (κ2) is 6.52. The Balaban J connectivity index is 1.95. The van der Waals surface area contributed by atoms with E-state index in [0.29, 0.717) is 11.3 Å². The molecular formula is C20H32O. The van der Waals surface area contributed by atoms with Gasteiger partial charge in [-0.1, -0.05) is 39.0 Å². The van der Waals surface area contributed by atoms with E-state index in [1.807, 2.05) is 0 Å². The van der Waals surface area contributed by atoms with E-state index in [1.54, 1.807) is 0 Å². The highest BCUT2D eigenvalue weighted by Gasteiger charge is 2.32. The average molecular weight is 288 g/mol. The molecule has 1 aromatic rings. The maximum absolute atomic E-state index is 10.7. The Hall–Kier alpha value is -0.820. The predicted molar refractivity (Wildman–Crippen MR) is 90.5 cm³/mol. The number of aliphatic hydroxyl groups is 1. The molecule has 0 saturated heterocycles. The Morgan fingerprint density at radius 1 is 1.05 bits per heavy atom. The summed E-state index contributed by atoms with van der Waals surface area (Å²) in [5.74, 6) is 1.31. The molecule has 118 valence electrons. The van der Waals surface area contributed by atoms with Crippen molar-refractivity contribution >= 4 is 0 Å². The maximum Gasteiger partial charge on any atom is 0.0608 e. The molecule has 1 unspecified atom stereocenters. The minimum absolute atomic E-state index is 0.175. The van der Waals surface area contributed by atoms with E-state index in [9.17, 15) is 5.11 Å². The number of hydrogen-bond donors (Lipinski definition) is 1. The molecule has 21 heavy (non-hydrogen) atoms. The lowest BCUT2D eigenvalue weighted by molar-refractivity contribution is 0.0535. The van der Waals surface area contributed by atoms with Crippen LogP contribution in [-0.2, 0) is 6.42 Å². The molecule has 1 atom stereocenters. The minimum atomic E-state index is -0.175. The van der Waals surface area contributed by atoms with Crippen molar-refractivity contribution in [2.45, 2.75) is 72.8 Å². The number of rotatable bonds is 3. The van der Waals surface area contributed by atoms with Crippen molar-refractivity contribution in [2.24, 2.45) is 17.3 Å². The Kier molecular flexibility index (Phi) is 5.14. The second-order valence-corrected chi connectivity index (χ2v) is 8.12. The van der Waals surface area contributed by atoms with Crippen LogP contribution in [0, 0.1) is 31.1 Å². The largest absolute Gasteiger partial charge is 0.392 e. The number of aliphatic hydroxyl groups excluding tert-OH is 1. The molecule has 1 N–H and O–H groups in total. The third-order valence-corrected chi connectivity index (χ3v) is 5.60. The molecular weight excluding hydrogens is 256 g/mol. The van der Waals surface area contributed by atoms with Gasteiger partial charge in [-0.2, -0.15) is 0 Å². The van der Waals surface area contributed by atoms with Gasteiger partial charge in [-0.05, 0) is 79.9 Å². The molecule has 1 fully saturated rings. The van der Waals surface area contributed by atoms with Gasteiger partial charge in [0, 0.05) is 0 Å². The summed E-state index contributed by atoms with van der Waals surface area (Å²) in [5, 5.41) is 10.7. The molecule has 0 heterocycles. The van der Waals surface area contributed by atoms with Gasteiger partial charge in [0.15, 0.2) is 0 Å². The van der Waals surface area contributed by atoms with Crippen LogP contribution in [0.5, 0.6) is 0 Å². The fraction of sp³-hybridized carbons (Fsp3) is 0.700. The van der Waals surface area contributed by atoms with Gasteiger partial charge in [0.1, 0.15) is 0 Å². The molecule has 1 aliphatic rings. The van der Waals surface area contributed by atoms with Gasteiger partial charge in [0.2, 0.25) is 0 Å². The normalized spacial score (nSPS) is 24.9. The fourth-order valence-corrected chi connectivity index (χ4v) is 3.92. The highest BCUT2D eigenvalue weighted by Crippen LogP contribution is 2.41. The number of aryl methyl sites for hydroxylation is 2. The fourth-order valence-electron chi connectivity index (χ4n) is 3.92. The third-order valence-electron chi connectivity index (χ3n) is 5.60. The van der Waals surface area contributed by atoms with Crippen molar-refractivity contribution in [3.63, 3.8) is 0 Å². The molecule has 0 radical (unpaired) electrons. The van der Waals surface area contributed by atoms with Crippen molar-refractivity contribution < 1.29 is 5.11 Å². The Morgan fingerprint density at radius 3 is 2.05 bits per heavy atom. The molecule has 0 amide bonds. The van der Waals surface area contributed by atoms with Gasteiger partial charge in [0.25, 0.3) is 0 Å². The first-order valence-electron chi connectivity index (χ1n) is 8.52. The summed E-state index contributed by atoms with van der Waals surface area (Å²) in [7, 11) is 0. The van der Waals surface area contributed by atoms with Crippen molar-refractivity contribution in [1.29, 1.82) is 0 Å². The summed E-state index contributed by atoms with van der Waals surface area (Å²) in [5.41, 5.74) is 4.40. The summed E-state index contributed by atoms with van der Waals surface area (Å²) in [6.07, 6.45) is 5.58. The van der Waals surface area contributed by atoms with E-state index in [-0.39, 0.29) is 6.10 Å². The van der Waals surface area contributed by atoms with Gasteiger partial charge in [-0.25, -0.2) is 0 Å². The Bertz CT molecular complexity index is 441. The van der Waals surface area contributed by atoms with Crippen molar-refractivity contribution in [3.05, 3.63) is 34.9 Å². The summed E-state index contributed by atoms with van der Waals surface area (Å²) >= 11 is 0. The molecule has 1 nitrogen and oxygen atoms in total. The van der Waals surface area contributed by atoms with Crippen LogP contribution in [0.25, 0.3) is 0 Å². The molecule has 1 aliphatic carbocycles. The quantitative estimate of drug-likeness (QED) is 0.824. The van der Waals surface area contributed by atoms with Gasteiger partial charge >= 0.3 is 0 Å². The molecule has 1 aromatic carbocycles. The van der Waals surface area contributed by atoms with E-state index >= 15 is 0 Å². The molecule has 1 heteroatoms. The molecule has 2 rings (SSSR count). The summed E-state index contributed by atoms with van der Waals surface area (Å²) < 4.78 is 0. The smallest absolute Gasteiger partial charge is 0.0608 e. The van der Waals surface area contributed by atoms with Crippen molar-refractivity contribution in [2.75, 3.05) is 0 Å². The third kappa shape index (κ3) is 4.10. The van der Waals surface area contributed by atoms with Crippen LogP contribution in [-0.4, -0.2) is 11.2 Å². The van der Waals surface area contributed by atoms with Crippen molar-refractivity contribution in [3.8, 4) is 0 Å². The second-order valence-electron chi connectivity index (χ2n) is 8.12. The zero-order valence-electron chi connectivity index (χ0n) is 14.4. The van der Waals surface area contributed by atoms with Crippen LogP contribution in [0.4, 0.5) is 0 Å². The predicted octanol–water partition coefficient (Wildman–Crippen LogP) is 5.06. The van der Waals surface area contributed by atoms with Crippen molar-refractivity contribution in [1.82, 2.24) is 0 Å². The summed E-state index contributed by atoms with van der Waals surface area (Å²) in [6.45, 7) is 11.4. The molecule has 0 bridgehead atoms. The van der Waals surface area contributed by atoms with Crippen LogP contribution < -0.4 is 0 Å². The van der Waals surface area contributed by atoms with E-state index in [1.165, 1.54) is 42.4 Å². The SMILES string of the molecule is Cc1cccc(C)c1CC(O)C1CCC(C(C)(C)C)CC1. The van der Waals surface area contributed by atoms with Crippen LogP contribution >= 0.6 is 0 Å². The molecule has 0 aromatic heterocycles. The summed E-state index contributed by atoms with van der Waals surface area (Å²) in [4.78, 5) is 0. The monoisotopic (exact) mass is 288 g/mol. The average Bonchev–Trinajstić information content (AvgIpc) is 2.42. The van der Waals surface area contributed by atoms with Gasteiger partial charge in [-0.15, -0.1) is 0 Å². The minimum Gasteiger partial charge on any atom is -0.392 e. The van der Waals surface area contributed by atoms with Crippen LogP contribution in [0.15, 0.2) is 18.2 Å². The first-order valence-corrected chi connectivity index (χ1v) is 8.52.